The van der Waals surface area contributed by atoms with E-state index in [1.54, 1.807) is 18.2 Å². The predicted octanol–water partition coefficient (Wildman–Crippen LogP) is 2.92. The van der Waals surface area contributed by atoms with Gasteiger partial charge in [0.05, 0.1) is 25.3 Å². The van der Waals surface area contributed by atoms with E-state index in [1.165, 1.54) is 12.4 Å². The van der Waals surface area contributed by atoms with Gasteiger partial charge in [-0.05, 0) is 30.3 Å². The van der Waals surface area contributed by atoms with Crippen molar-refractivity contribution in [1.29, 1.82) is 0 Å². The van der Waals surface area contributed by atoms with E-state index in [0.717, 1.165) is 25.2 Å². The number of carbonyl (C=O) groups is 1. The molecule has 0 unspecified atom stereocenters. The first-order valence-electron chi connectivity index (χ1n) is 9.15. The van der Waals surface area contributed by atoms with E-state index in [0.29, 0.717) is 41.3 Å². The number of carbonyl (C=O) groups excluding carboxylic acids is 1. The number of halogens is 2. The smallest absolute Gasteiger partial charge is 0.238 e. The second kappa shape index (κ2) is 8.46. The van der Waals surface area contributed by atoms with Crippen LogP contribution in [0.3, 0.4) is 0 Å². The van der Waals surface area contributed by atoms with Crippen LogP contribution >= 0.6 is 0 Å². The highest BCUT2D eigenvalue weighted by Crippen LogP contribution is 2.26. The SMILES string of the molecule is O=C(CN1CCOCC1)Nc1ccc2ncnc(Nc3ccc(F)c(F)c3)c2c1. The Morgan fingerprint density at radius 2 is 1.83 bits per heavy atom. The Labute approximate surface area is 165 Å². The van der Waals surface area contributed by atoms with Gasteiger partial charge in [-0.25, -0.2) is 18.7 Å². The topological polar surface area (TPSA) is 79.4 Å². The predicted molar refractivity (Wildman–Crippen MR) is 105 cm³/mol. The summed E-state index contributed by atoms with van der Waals surface area (Å²) in [4.78, 5) is 22.8. The molecule has 7 nitrogen and oxygen atoms in total. The average molecular weight is 399 g/mol. The molecule has 1 aliphatic rings. The van der Waals surface area contributed by atoms with Gasteiger partial charge in [0.1, 0.15) is 12.1 Å². The molecular formula is C20H19F2N5O2. The Morgan fingerprint density at radius 3 is 2.62 bits per heavy atom. The number of ether oxygens (including phenoxy) is 1. The lowest BCUT2D eigenvalue weighted by molar-refractivity contribution is -0.118. The summed E-state index contributed by atoms with van der Waals surface area (Å²) in [5.74, 6) is -1.58. The fourth-order valence-corrected chi connectivity index (χ4v) is 3.11. The molecule has 0 atom stereocenters. The largest absolute Gasteiger partial charge is 0.379 e. The summed E-state index contributed by atoms with van der Waals surface area (Å²) >= 11 is 0. The van der Waals surface area contributed by atoms with Crippen molar-refractivity contribution >= 4 is 34.0 Å². The maximum absolute atomic E-state index is 13.5. The van der Waals surface area contributed by atoms with Gasteiger partial charge in [0.15, 0.2) is 11.6 Å². The van der Waals surface area contributed by atoms with Gasteiger partial charge in [0.2, 0.25) is 5.91 Å². The molecule has 1 amide bonds. The van der Waals surface area contributed by atoms with E-state index in [4.69, 9.17) is 4.74 Å². The van der Waals surface area contributed by atoms with E-state index in [2.05, 4.69) is 20.6 Å². The fourth-order valence-electron chi connectivity index (χ4n) is 3.11. The maximum atomic E-state index is 13.5. The molecule has 1 aliphatic heterocycles. The Morgan fingerprint density at radius 1 is 1.03 bits per heavy atom. The van der Waals surface area contributed by atoms with Gasteiger partial charge in [-0.3, -0.25) is 9.69 Å². The lowest BCUT2D eigenvalue weighted by atomic mass is 10.2. The molecule has 0 aliphatic carbocycles. The Balaban J connectivity index is 1.53. The third kappa shape index (κ3) is 4.64. The minimum Gasteiger partial charge on any atom is -0.379 e. The number of rotatable bonds is 5. The van der Waals surface area contributed by atoms with E-state index < -0.39 is 11.6 Å². The fraction of sp³-hybridized carbons (Fsp3) is 0.250. The van der Waals surface area contributed by atoms with E-state index in [1.807, 2.05) is 4.90 Å². The quantitative estimate of drug-likeness (QED) is 0.687. The highest BCUT2D eigenvalue weighted by Gasteiger charge is 2.15. The minimum absolute atomic E-state index is 0.127. The summed E-state index contributed by atoms with van der Waals surface area (Å²) < 4.78 is 31.9. The average Bonchev–Trinajstić information content (AvgIpc) is 2.72. The van der Waals surface area contributed by atoms with Crippen LogP contribution in [-0.4, -0.2) is 53.6 Å². The summed E-state index contributed by atoms with van der Waals surface area (Å²) in [6.45, 7) is 2.98. The van der Waals surface area contributed by atoms with Crippen LogP contribution in [0.4, 0.5) is 26.0 Å². The molecule has 0 radical (unpaired) electrons. The second-order valence-electron chi connectivity index (χ2n) is 6.64. The van der Waals surface area contributed by atoms with Crippen LogP contribution in [0.1, 0.15) is 0 Å². The first-order valence-corrected chi connectivity index (χ1v) is 9.15. The van der Waals surface area contributed by atoms with Crippen LogP contribution in [0, 0.1) is 11.6 Å². The Kier molecular flexibility index (Phi) is 5.59. The molecule has 0 saturated carbocycles. The van der Waals surface area contributed by atoms with E-state index >= 15 is 0 Å². The van der Waals surface area contributed by atoms with Crippen LogP contribution in [0.25, 0.3) is 10.9 Å². The highest BCUT2D eigenvalue weighted by atomic mass is 19.2. The standard InChI is InChI=1S/C20H19F2N5O2/c21-16-3-1-14(10-17(16)22)26-20-15-9-13(2-4-18(15)23-12-24-20)25-19(28)11-27-5-7-29-8-6-27/h1-4,9-10,12H,5-8,11H2,(H,25,28)(H,23,24,26). The second-order valence-corrected chi connectivity index (χ2v) is 6.64. The number of hydrogen-bond acceptors (Lipinski definition) is 6. The number of benzene rings is 2. The number of morpholine rings is 1. The van der Waals surface area contributed by atoms with Gasteiger partial charge in [-0.1, -0.05) is 0 Å². The maximum Gasteiger partial charge on any atom is 0.238 e. The zero-order chi connectivity index (χ0) is 20.2. The van der Waals surface area contributed by atoms with Gasteiger partial charge in [0.25, 0.3) is 0 Å². The van der Waals surface area contributed by atoms with Crippen LogP contribution < -0.4 is 10.6 Å². The van der Waals surface area contributed by atoms with Crippen LogP contribution in [0.15, 0.2) is 42.7 Å². The molecule has 1 aromatic heterocycles. The number of aromatic nitrogens is 2. The van der Waals surface area contributed by atoms with E-state index in [-0.39, 0.29) is 12.5 Å². The third-order valence-corrected chi connectivity index (χ3v) is 4.57. The molecule has 0 spiro atoms. The van der Waals surface area contributed by atoms with Crippen LogP contribution in [-0.2, 0) is 9.53 Å². The van der Waals surface area contributed by atoms with Crippen molar-refractivity contribution in [3.8, 4) is 0 Å². The zero-order valence-corrected chi connectivity index (χ0v) is 15.5. The van der Waals surface area contributed by atoms with Crippen molar-refractivity contribution in [3.05, 3.63) is 54.4 Å². The summed E-state index contributed by atoms with van der Waals surface area (Å²) in [5, 5.41) is 6.48. The number of hydrogen-bond donors (Lipinski definition) is 2. The van der Waals surface area contributed by atoms with Crippen molar-refractivity contribution in [2.75, 3.05) is 43.5 Å². The van der Waals surface area contributed by atoms with Crippen molar-refractivity contribution in [1.82, 2.24) is 14.9 Å². The molecule has 3 aromatic rings. The lowest BCUT2D eigenvalue weighted by Crippen LogP contribution is -2.41. The summed E-state index contributed by atoms with van der Waals surface area (Å²) in [7, 11) is 0. The van der Waals surface area contributed by atoms with Gasteiger partial charge >= 0.3 is 0 Å². The van der Waals surface area contributed by atoms with E-state index in [9.17, 15) is 13.6 Å². The number of anilines is 3. The molecule has 1 fully saturated rings. The molecule has 1 saturated heterocycles. The normalized spacial score (nSPS) is 14.7. The molecule has 2 N–H and O–H groups in total. The molecule has 4 rings (SSSR count). The first kappa shape index (κ1) is 19.2. The highest BCUT2D eigenvalue weighted by molar-refractivity contribution is 5.97. The van der Waals surface area contributed by atoms with Crippen molar-refractivity contribution < 1.29 is 18.3 Å². The Bertz CT molecular complexity index is 1040. The summed E-state index contributed by atoms with van der Waals surface area (Å²) in [6.07, 6.45) is 1.38. The van der Waals surface area contributed by atoms with Crippen LogP contribution in [0.5, 0.6) is 0 Å². The van der Waals surface area contributed by atoms with Crippen molar-refractivity contribution in [2.45, 2.75) is 0 Å². The van der Waals surface area contributed by atoms with Gasteiger partial charge < -0.3 is 15.4 Å². The summed E-state index contributed by atoms with van der Waals surface area (Å²) in [5.41, 5.74) is 1.60. The van der Waals surface area contributed by atoms with Crippen molar-refractivity contribution in [2.24, 2.45) is 0 Å². The number of nitrogens with zero attached hydrogens (tertiary/aromatic N) is 3. The summed E-state index contributed by atoms with van der Waals surface area (Å²) in [6, 6.07) is 8.77. The molecule has 9 heteroatoms. The van der Waals surface area contributed by atoms with Gasteiger partial charge in [-0.15, -0.1) is 0 Å². The monoisotopic (exact) mass is 399 g/mol. The molecule has 29 heavy (non-hydrogen) atoms. The van der Waals surface area contributed by atoms with Gasteiger partial charge in [-0.2, -0.15) is 0 Å². The Hall–Kier alpha value is -3.17. The molecule has 0 bridgehead atoms. The van der Waals surface area contributed by atoms with Crippen molar-refractivity contribution in [3.63, 3.8) is 0 Å². The number of nitrogens with one attached hydrogen (secondary N) is 2. The molecule has 2 heterocycles. The first-order chi connectivity index (χ1) is 14.1. The molecule has 2 aromatic carbocycles. The third-order valence-electron chi connectivity index (χ3n) is 4.57. The zero-order valence-electron chi connectivity index (χ0n) is 15.5. The number of amides is 1. The molecule has 150 valence electrons. The minimum atomic E-state index is -0.954. The molecular weight excluding hydrogens is 380 g/mol. The lowest BCUT2D eigenvalue weighted by Gasteiger charge is -2.25. The van der Waals surface area contributed by atoms with Gasteiger partial charge in [0, 0.05) is 35.9 Å². The number of fused-ring (bicyclic) bond motifs is 1. The van der Waals surface area contributed by atoms with Crippen LogP contribution in [0.2, 0.25) is 0 Å².